The lowest BCUT2D eigenvalue weighted by Crippen LogP contribution is -2.12. The van der Waals surface area contributed by atoms with Crippen LogP contribution in [0.3, 0.4) is 0 Å². The molecule has 2 aromatic heterocycles. The van der Waals surface area contributed by atoms with E-state index in [1.807, 2.05) is 6.92 Å². The zero-order chi connectivity index (χ0) is 14.8. The zero-order valence-corrected chi connectivity index (χ0v) is 10.3. The first-order valence-corrected chi connectivity index (χ1v) is 5.56. The van der Waals surface area contributed by atoms with Crippen LogP contribution in [0.5, 0.6) is 0 Å². The monoisotopic (exact) mass is 285 g/mol. The maximum Gasteiger partial charge on any atom is 0.451 e. The maximum absolute atomic E-state index is 12.5. The number of rotatable bonds is 3. The van der Waals surface area contributed by atoms with Crippen molar-refractivity contribution in [1.29, 1.82) is 0 Å². The van der Waals surface area contributed by atoms with Gasteiger partial charge in [0, 0.05) is 12.7 Å². The third kappa shape index (κ3) is 3.08. The molecule has 10 heteroatoms. The number of aromatic nitrogens is 5. The molecule has 0 fully saturated rings. The fraction of sp³-hybridized carbons (Fsp3) is 0.300. The number of nitrogens with two attached hydrogens (primary N) is 1. The second-order valence-corrected chi connectivity index (χ2v) is 3.63. The summed E-state index contributed by atoms with van der Waals surface area (Å²) in [7, 11) is 0. The number of alkyl halides is 3. The molecule has 0 spiro atoms. The minimum Gasteiger partial charge on any atom is -0.368 e. The Labute approximate surface area is 111 Å². The molecule has 0 aliphatic carbocycles. The Kier molecular flexibility index (Phi) is 3.63. The van der Waals surface area contributed by atoms with Gasteiger partial charge in [-0.2, -0.15) is 28.1 Å². The second-order valence-electron chi connectivity index (χ2n) is 3.63. The summed E-state index contributed by atoms with van der Waals surface area (Å²) >= 11 is 0. The third-order valence-electron chi connectivity index (χ3n) is 2.13. The van der Waals surface area contributed by atoms with Crippen molar-refractivity contribution in [3.8, 4) is 11.5 Å². The second kappa shape index (κ2) is 5.23. The third-order valence-corrected chi connectivity index (χ3v) is 2.13. The molecule has 0 aliphatic rings. The van der Waals surface area contributed by atoms with Crippen molar-refractivity contribution >= 4 is 11.9 Å². The van der Waals surface area contributed by atoms with Crippen LogP contribution in [0.25, 0.3) is 11.5 Å². The van der Waals surface area contributed by atoms with Gasteiger partial charge >= 0.3 is 6.18 Å². The van der Waals surface area contributed by atoms with Gasteiger partial charge in [0.15, 0.2) is 5.82 Å². The summed E-state index contributed by atoms with van der Waals surface area (Å²) in [6, 6.07) is 1.26. The van der Waals surface area contributed by atoms with Gasteiger partial charge < -0.3 is 11.1 Å². The van der Waals surface area contributed by atoms with Crippen LogP contribution in [0.15, 0.2) is 12.3 Å². The van der Waals surface area contributed by atoms with E-state index in [4.69, 9.17) is 5.73 Å². The molecule has 106 valence electrons. The number of halogens is 3. The van der Waals surface area contributed by atoms with Gasteiger partial charge in [0.05, 0.1) is 0 Å². The Bertz CT molecular complexity index is 614. The average molecular weight is 285 g/mol. The van der Waals surface area contributed by atoms with Crippen LogP contribution in [0.2, 0.25) is 0 Å². The minimum absolute atomic E-state index is 0.0543. The van der Waals surface area contributed by atoms with Crippen LogP contribution in [-0.2, 0) is 6.18 Å². The Hall–Kier alpha value is -2.52. The number of nitrogen functional groups attached to an aromatic ring is 1. The van der Waals surface area contributed by atoms with Crippen molar-refractivity contribution in [2.24, 2.45) is 0 Å². The van der Waals surface area contributed by atoms with Crippen molar-refractivity contribution in [2.45, 2.75) is 13.1 Å². The molecular weight excluding hydrogens is 275 g/mol. The summed E-state index contributed by atoms with van der Waals surface area (Å²) in [6.45, 7) is 2.34. The van der Waals surface area contributed by atoms with Crippen LogP contribution in [0.1, 0.15) is 12.7 Å². The van der Waals surface area contributed by atoms with Crippen molar-refractivity contribution in [3.63, 3.8) is 0 Å². The molecule has 2 rings (SSSR count). The molecule has 0 aromatic carbocycles. The van der Waals surface area contributed by atoms with Gasteiger partial charge in [-0.3, -0.25) is 0 Å². The molecular formula is C10H10F3N7. The van der Waals surface area contributed by atoms with E-state index in [0.717, 1.165) is 6.20 Å². The Morgan fingerprint density at radius 3 is 2.60 bits per heavy atom. The number of nitrogens with one attached hydrogen (secondary N) is 1. The molecule has 0 radical (unpaired) electrons. The molecule has 2 aromatic rings. The Balaban J connectivity index is 2.46. The Morgan fingerprint density at radius 2 is 1.95 bits per heavy atom. The summed E-state index contributed by atoms with van der Waals surface area (Å²) in [4.78, 5) is 18.1. The highest BCUT2D eigenvalue weighted by Crippen LogP contribution is 2.27. The number of hydrogen-bond acceptors (Lipinski definition) is 7. The zero-order valence-electron chi connectivity index (χ0n) is 10.3. The van der Waals surface area contributed by atoms with Gasteiger partial charge in [-0.1, -0.05) is 0 Å². The van der Waals surface area contributed by atoms with Crippen molar-refractivity contribution in [2.75, 3.05) is 17.6 Å². The van der Waals surface area contributed by atoms with Crippen molar-refractivity contribution < 1.29 is 13.2 Å². The molecule has 7 nitrogen and oxygen atoms in total. The first kappa shape index (κ1) is 13.9. The molecule has 0 bridgehead atoms. The van der Waals surface area contributed by atoms with E-state index >= 15 is 0 Å². The molecule has 0 atom stereocenters. The maximum atomic E-state index is 12.5. The Morgan fingerprint density at radius 1 is 1.20 bits per heavy atom. The van der Waals surface area contributed by atoms with Crippen molar-refractivity contribution in [1.82, 2.24) is 24.9 Å². The van der Waals surface area contributed by atoms with Crippen LogP contribution in [-0.4, -0.2) is 31.5 Å². The molecule has 0 amide bonds. The summed E-state index contributed by atoms with van der Waals surface area (Å²) in [5.41, 5.74) is 5.40. The summed E-state index contributed by atoms with van der Waals surface area (Å²) in [6.07, 6.45) is -3.66. The minimum atomic E-state index is -4.64. The van der Waals surface area contributed by atoms with Gasteiger partial charge in [-0.25, -0.2) is 9.97 Å². The first-order chi connectivity index (χ1) is 9.40. The van der Waals surface area contributed by atoms with Gasteiger partial charge in [0.1, 0.15) is 5.69 Å². The standard InChI is InChI=1S/C10H10F3N7/c1-2-15-9-19-6(18-8(14)20-9)5-3-4-16-7(17-5)10(11,12)13/h3-4H,2H2,1H3,(H3,14,15,18,19,20). The van der Waals surface area contributed by atoms with Crippen LogP contribution >= 0.6 is 0 Å². The highest BCUT2D eigenvalue weighted by atomic mass is 19.4. The van der Waals surface area contributed by atoms with Crippen molar-refractivity contribution in [3.05, 3.63) is 18.1 Å². The molecule has 0 saturated heterocycles. The lowest BCUT2D eigenvalue weighted by Gasteiger charge is -2.07. The van der Waals surface area contributed by atoms with Gasteiger partial charge in [0.25, 0.3) is 0 Å². The summed E-state index contributed by atoms with van der Waals surface area (Å²) in [5, 5.41) is 2.80. The van der Waals surface area contributed by atoms with Gasteiger partial charge in [-0.05, 0) is 13.0 Å². The topological polar surface area (TPSA) is 102 Å². The molecule has 2 heterocycles. The van der Waals surface area contributed by atoms with Crippen LogP contribution < -0.4 is 11.1 Å². The molecule has 3 N–H and O–H groups in total. The highest BCUT2D eigenvalue weighted by molar-refractivity contribution is 5.52. The SMILES string of the molecule is CCNc1nc(N)nc(-c2ccnc(C(F)(F)F)n2)n1. The predicted molar refractivity (Wildman–Crippen MR) is 64.4 cm³/mol. The number of nitrogens with zero attached hydrogens (tertiary/aromatic N) is 5. The molecule has 20 heavy (non-hydrogen) atoms. The smallest absolute Gasteiger partial charge is 0.368 e. The fourth-order valence-corrected chi connectivity index (χ4v) is 1.36. The van der Waals surface area contributed by atoms with E-state index in [0.29, 0.717) is 6.54 Å². The quantitative estimate of drug-likeness (QED) is 0.877. The van der Waals surface area contributed by atoms with E-state index < -0.39 is 12.0 Å². The lowest BCUT2D eigenvalue weighted by molar-refractivity contribution is -0.144. The largest absolute Gasteiger partial charge is 0.451 e. The normalized spacial score (nSPS) is 11.4. The summed E-state index contributed by atoms with van der Waals surface area (Å²) in [5.74, 6) is -1.26. The van der Waals surface area contributed by atoms with Crippen LogP contribution in [0.4, 0.5) is 25.1 Å². The van der Waals surface area contributed by atoms with Crippen LogP contribution in [0, 0.1) is 0 Å². The number of anilines is 2. The van der Waals surface area contributed by atoms with E-state index in [9.17, 15) is 13.2 Å². The average Bonchev–Trinajstić information content (AvgIpc) is 2.37. The highest BCUT2D eigenvalue weighted by Gasteiger charge is 2.34. The predicted octanol–water partition coefficient (Wildman–Crippen LogP) is 1.36. The summed E-state index contributed by atoms with van der Waals surface area (Å²) < 4.78 is 37.6. The van der Waals surface area contributed by atoms with Gasteiger partial charge in [-0.15, -0.1) is 0 Å². The van der Waals surface area contributed by atoms with E-state index in [1.165, 1.54) is 6.07 Å². The molecule has 0 unspecified atom stereocenters. The fourth-order valence-electron chi connectivity index (χ4n) is 1.36. The lowest BCUT2D eigenvalue weighted by atomic mass is 10.3. The van der Waals surface area contributed by atoms with Gasteiger partial charge in [0.2, 0.25) is 17.7 Å². The first-order valence-electron chi connectivity index (χ1n) is 5.56. The molecule has 0 aliphatic heterocycles. The number of hydrogen-bond donors (Lipinski definition) is 2. The van der Waals surface area contributed by atoms with E-state index in [-0.39, 0.29) is 23.4 Å². The van der Waals surface area contributed by atoms with E-state index in [2.05, 4.69) is 30.2 Å². The molecule has 0 saturated carbocycles. The van der Waals surface area contributed by atoms with E-state index in [1.54, 1.807) is 0 Å².